The molecule has 1 aromatic heterocycles. The summed E-state index contributed by atoms with van der Waals surface area (Å²) in [5.74, 6) is 2.01. The second-order valence-corrected chi connectivity index (χ2v) is 6.07. The van der Waals surface area contributed by atoms with E-state index >= 15 is 0 Å². The Morgan fingerprint density at radius 1 is 1.16 bits per heavy atom. The van der Waals surface area contributed by atoms with Crippen molar-refractivity contribution in [1.29, 1.82) is 0 Å². The minimum absolute atomic E-state index is 0.324. The molecule has 1 atom stereocenters. The van der Waals surface area contributed by atoms with Gasteiger partial charge >= 0.3 is 0 Å². The van der Waals surface area contributed by atoms with Crippen molar-refractivity contribution in [3.63, 3.8) is 0 Å². The fraction of sp³-hybridized carbons (Fsp3) is 0.643. The predicted molar refractivity (Wildman–Crippen MR) is 85.6 cm³/mol. The van der Waals surface area contributed by atoms with E-state index in [4.69, 9.17) is 23.2 Å². The van der Waals surface area contributed by atoms with Gasteiger partial charge in [0.15, 0.2) is 0 Å². The van der Waals surface area contributed by atoms with Crippen LogP contribution in [0.3, 0.4) is 0 Å². The summed E-state index contributed by atoms with van der Waals surface area (Å²) in [4.78, 5) is 4.47. The molecule has 0 aliphatic carbocycles. The van der Waals surface area contributed by atoms with Gasteiger partial charge in [-0.1, -0.05) is 44.0 Å². The standard InChI is InChI=1S/C14H23Cl2N3/c1-5-6-17-13-11(15)8-12(16)14(19-13)18-10(4)7-9(2)3/h8-10H,5-7H2,1-4H3,(H2,17,18,19). The molecule has 0 aromatic carbocycles. The molecule has 19 heavy (non-hydrogen) atoms. The summed E-state index contributed by atoms with van der Waals surface area (Å²) in [5, 5.41) is 7.66. The highest BCUT2D eigenvalue weighted by Crippen LogP contribution is 2.30. The Morgan fingerprint density at radius 2 is 1.79 bits per heavy atom. The van der Waals surface area contributed by atoms with Crippen LogP contribution in [-0.2, 0) is 0 Å². The Balaban J connectivity index is 2.81. The number of aromatic nitrogens is 1. The van der Waals surface area contributed by atoms with E-state index in [9.17, 15) is 0 Å². The monoisotopic (exact) mass is 303 g/mol. The molecule has 0 fully saturated rings. The van der Waals surface area contributed by atoms with Gasteiger partial charge in [-0.25, -0.2) is 4.98 Å². The zero-order valence-corrected chi connectivity index (χ0v) is 13.6. The number of pyridine rings is 1. The lowest BCUT2D eigenvalue weighted by molar-refractivity contribution is 0.539. The van der Waals surface area contributed by atoms with Crippen molar-refractivity contribution in [2.24, 2.45) is 5.92 Å². The van der Waals surface area contributed by atoms with E-state index in [1.165, 1.54) is 0 Å². The minimum Gasteiger partial charge on any atom is -0.369 e. The Labute approximate surface area is 126 Å². The van der Waals surface area contributed by atoms with Crippen LogP contribution < -0.4 is 10.6 Å². The molecular formula is C14H23Cl2N3. The molecule has 2 N–H and O–H groups in total. The molecule has 108 valence electrons. The van der Waals surface area contributed by atoms with E-state index in [0.717, 1.165) is 19.4 Å². The molecule has 3 nitrogen and oxygen atoms in total. The Bertz CT molecular complexity index is 408. The number of anilines is 2. The fourth-order valence-electron chi connectivity index (χ4n) is 1.93. The minimum atomic E-state index is 0.324. The van der Waals surface area contributed by atoms with Crippen LogP contribution in [0.2, 0.25) is 10.0 Å². The molecule has 0 amide bonds. The molecule has 0 aliphatic heterocycles. The van der Waals surface area contributed by atoms with E-state index in [2.05, 4.69) is 43.3 Å². The highest BCUT2D eigenvalue weighted by molar-refractivity contribution is 6.37. The average molecular weight is 304 g/mol. The molecule has 0 bridgehead atoms. The summed E-state index contributed by atoms with van der Waals surface area (Å²) < 4.78 is 0. The fourth-order valence-corrected chi connectivity index (χ4v) is 2.41. The first kappa shape index (κ1) is 16.4. The smallest absolute Gasteiger partial charge is 0.147 e. The summed E-state index contributed by atoms with van der Waals surface area (Å²) in [7, 11) is 0. The Morgan fingerprint density at radius 3 is 2.37 bits per heavy atom. The molecule has 1 heterocycles. The van der Waals surface area contributed by atoms with E-state index in [0.29, 0.717) is 33.6 Å². The third kappa shape index (κ3) is 5.45. The number of hydrogen-bond acceptors (Lipinski definition) is 3. The second-order valence-electron chi connectivity index (χ2n) is 5.25. The van der Waals surface area contributed by atoms with Crippen LogP contribution in [0.15, 0.2) is 6.07 Å². The number of rotatable bonds is 7. The molecule has 1 aromatic rings. The van der Waals surface area contributed by atoms with Crippen molar-refractivity contribution >= 4 is 34.8 Å². The molecule has 0 saturated heterocycles. The molecular weight excluding hydrogens is 281 g/mol. The van der Waals surface area contributed by atoms with Gasteiger partial charge < -0.3 is 10.6 Å². The van der Waals surface area contributed by atoms with Gasteiger partial charge in [0.1, 0.15) is 11.6 Å². The Kier molecular flexibility index (Phi) is 6.73. The van der Waals surface area contributed by atoms with Gasteiger partial charge in [-0.15, -0.1) is 0 Å². The van der Waals surface area contributed by atoms with Gasteiger partial charge in [-0.05, 0) is 31.7 Å². The van der Waals surface area contributed by atoms with Crippen LogP contribution >= 0.6 is 23.2 Å². The second kappa shape index (κ2) is 7.81. The summed E-state index contributed by atoms with van der Waals surface area (Å²) >= 11 is 12.3. The third-order valence-electron chi connectivity index (χ3n) is 2.68. The number of nitrogens with zero attached hydrogens (tertiary/aromatic N) is 1. The zero-order valence-electron chi connectivity index (χ0n) is 12.1. The Hall–Kier alpha value is -0.670. The van der Waals surface area contributed by atoms with Crippen LogP contribution in [-0.4, -0.2) is 17.6 Å². The maximum absolute atomic E-state index is 6.18. The third-order valence-corrected chi connectivity index (χ3v) is 3.26. The average Bonchev–Trinajstić information content (AvgIpc) is 2.30. The normalized spacial score (nSPS) is 12.6. The number of nitrogens with one attached hydrogen (secondary N) is 2. The van der Waals surface area contributed by atoms with E-state index < -0.39 is 0 Å². The first-order chi connectivity index (χ1) is 8.93. The molecule has 5 heteroatoms. The van der Waals surface area contributed by atoms with E-state index in [1.807, 2.05) is 0 Å². The van der Waals surface area contributed by atoms with Crippen LogP contribution in [0, 0.1) is 5.92 Å². The summed E-state index contributed by atoms with van der Waals surface area (Å²) in [6.45, 7) is 9.47. The molecule has 0 spiro atoms. The zero-order chi connectivity index (χ0) is 14.4. The highest BCUT2D eigenvalue weighted by atomic mass is 35.5. The largest absolute Gasteiger partial charge is 0.369 e. The quantitative estimate of drug-likeness (QED) is 0.739. The topological polar surface area (TPSA) is 37.0 Å². The SMILES string of the molecule is CCCNc1nc(NC(C)CC(C)C)c(Cl)cc1Cl. The van der Waals surface area contributed by atoms with Crippen molar-refractivity contribution in [2.75, 3.05) is 17.2 Å². The van der Waals surface area contributed by atoms with Crippen molar-refractivity contribution in [3.8, 4) is 0 Å². The van der Waals surface area contributed by atoms with Gasteiger partial charge in [0, 0.05) is 12.6 Å². The molecule has 1 unspecified atom stereocenters. The van der Waals surface area contributed by atoms with Gasteiger partial charge in [-0.2, -0.15) is 0 Å². The van der Waals surface area contributed by atoms with Crippen LogP contribution in [0.25, 0.3) is 0 Å². The molecule has 1 rings (SSSR count). The van der Waals surface area contributed by atoms with Crippen molar-refractivity contribution < 1.29 is 0 Å². The summed E-state index contributed by atoms with van der Waals surface area (Å²) in [5.41, 5.74) is 0. The maximum atomic E-state index is 6.18. The summed E-state index contributed by atoms with van der Waals surface area (Å²) in [6.07, 6.45) is 2.09. The van der Waals surface area contributed by atoms with Crippen molar-refractivity contribution in [1.82, 2.24) is 4.98 Å². The maximum Gasteiger partial charge on any atom is 0.147 e. The lowest BCUT2D eigenvalue weighted by Crippen LogP contribution is -2.19. The van der Waals surface area contributed by atoms with Crippen LogP contribution in [0.5, 0.6) is 0 Å². The van der Waals surface area contributed by atoms with Gasteiger partial charge in [0.25, 0.3) is 0 Å². The van der Waals surface area contributed by atoms with Gasteiger partial charge in [0.2, 0.25) is 0 Å². The molecule has 0 radical (unpaired) electrons. The number of halogens is 2. The van der Waals surface area contributed by atoms with Gasteiger partial charge in [-0.3, -0.25) is 0 Å². The van der Waals surface area contributed by atoms with Crippen molar-refractivity contribution in [2.45, 2.75) is 46.6 Å². The van der Waals surface area contributed by atoms with Gasteiger partial charge in [0.05, 0.1) is 10.0 Å². The van der Waals surface area contributed by atoms with Crippen LogP contribution in [0.4, 0.5) is 11.6 Å². The van der Waals surface area contributed by atoms with E-state index in [-0.39, 0.29) is 0 Å². The predicted octanol–water partition coefficient (Wildman–Crippen LogP) is 5.06. The molecule has 0 aliphatic rings. The first-order valence-electron chi connectivity index (χ1n) is 6.80. The molecule has 0 saturated carbocycles. The van der Waals surface area contributed by atoms with E-state index in [1.54, 1.807) is 6.07 Å². The van der Waals surface area contributed by atoms with Crippen molar-refractivity contribution in [3.05, 3.63) is 16.1 Å². The first-order valence-corrected chi connectivity index (χ1v) is 7.56. The number of hydrogen-bond donors (Lipinski definition) is 2. The van der Waals surface area contributed by atoms with Crippen LogP contribution in [0.1, 0.15) is 40.5 Å². The highest BCUT2D eigenvalue weighted by Gasteiger charge is 2.12. The lowest BCUT2D eigenvalue weighted by Gasteiger charge is -2.18. The summed E-state index contributed by atoms with van der Waals surface area (Å²) in [6, 6.07) is 2.06. The lowest BCUT2D eigenvalue weighted by atomic mass is 10.1.